The molecule has 1 atom stereocenters. The largest absolute Gasteiger partial charge is 0.350 e. The second kappa shape index (κ2) is 9.18. The van der Waals surface area contributed by atoms with E-state index in [0.717, 1.165) is 5.56 Å². The minimum atomic E-state index is -0.430. The second-order valence-electron chi connectivity index (χ2n) is 5.82. The maximum atomic E-state index is 13.6. The average Bonchev–Trinajstić information content (AvgIpc) is 2.61. The predicted molar refractivity (Wildman–Crippen MR) is 95.6 cm³/mol. The maximum Gasteiger partial charge on any atom is 0.239 e. The van der Waals surface area contributed by atoms with Crippen molar-refractivity contribution >= 4 is 23.4 Å². The molecule has 0 aliphatic heterocycles. The maximum absolute atomic E-state index is 13.6. The number of rotatable bonds is 7. The second-order valence-corrected chi connectivity index (χ2v) is 6.25. The first kappa shape index (κ1) is 18.9. The normalized spacial score (nSPS) is 11.6. The molecule has 2 rings (SSSR count). The molecule has 0 aliphatic rings. The summed E-state index contributed by atoms with van der Waals surface area (Å²) in [6, 6.07) is 13.5. The third-order valence-electron chi connectivity index (χ3n) is 3.76. The highest BCUT2D eigenvalue weighted by atomic mass is 35.5. The number of benzene rings is 2. The van der Waals surface area contributed by atoms with Gasteiger partial charge in [0.2, 0.25) is 11.8 Å². The highest BCUT2D eigenvalue weighted by Crippen LogP contribution is 2.12. The van der Waals surface area contributed by atoms with E-state index in [2.05, 4.69) is 10.6 Å². The molecule has 0 saturated heterocycles. The van der Waals surface area contributed by atoms with Gasteiger partial charge in [-0.1, -0.05) is 48.9 Å². The molecule has 2 N–H and O–H groups in total. The van der Waals surface area contributed by atoms with Crippen molar-refractivity contribution in [1.29, 1.82) is 0 Å². The summed E-state index contributed by atoms with van der Waals surface area (Å²) >= 11 is 5.80. The van der Waals surface area contributed by atoms with Crippen molar-refractivity contribution in [2.24, 2.45) is 5.92 Å². The van der Waals surface area contributed by atoms with Crippen LogP contribution in [-0.2, 0) is 22.6 Å². The monoisotopic (exact) mass is 362 g/mol. The fraction of sp³-hybridized carbons (Fsp3) is 0.263. The van der Waals surface area contributed by atoms with Crippen LogP contribution in [0.3, 0.4) is 0 Å². The molecule has 0 spiro atoms. The summed E-state index contributed by atoms with van der Waals surface area (Å²) in [6.45, 7) is 1.94. The van der Waals surface area contributed by atoms with Crippen molar-refractivity contribution in [3.8, 4) is 0 Å². The summed E-state index contributed by atoms with van der Waals surface area (Å²) in [6.07, 6.45) is 0.283. The van der Waals surface area contributed by atoms with Gasteiger partial charge >= 0.3 is 0 Å². The van der Waals surface area contributed by atoms with Crippen molar-refractivity contribution in [3.63, 3.8) is 0 Å². The van der Waals surface area contributed by atoms with Gasteiger partial charge in [0.1, 0.15) is 5.82 Å². The third kappa shape index (κ3) is 6.19. The van der Waals surface area contributed by atoms with E-state index in [1.54, 1.807) is 37.3 Å². The van der Waals surface area contributed by atoms with E-state index in [0.29, 0.717) is 17.1 Å². The number of hydrogen-bond acceptors (Lipinski definition) is 2. The van der Waals surface area contributed by atoms with E-state index in [-0.39, 0.29) is 30.6 Å². The molecule has 25 heavy (non-hydrogen) atoms. The lowest BCUT2D eigenvalue weighted by atomic mass is 10.00. The fourth-order valence-corrected chi connectivity index (χ4v) is 2.42. The first-order valence-corrected chi connectivity index (χ1v) is 8.35. The SMILES string of the molecule is CC(Cc1ccccc1F)C(=O)NCC(=O)NCc1ccc(Cl)cc1. The Morgan fingerprint density at radius 1 is 1.08 bits per heavy atom. The fourth-order valence-electron chi connectivity index (χ4n) is 2.29. The first-order chi connectivity index (χ1) is 12.0. The molecule has 2 amide bonds. The molecule has 6 heteroatoms. The van der Waals surface area contributed by atoms with Gasteiger partial charge in [-0.2, -0.15) is 0 Å². The molecular weight excluding hydrogens is 343 g/mol. The van der Waals surface area contributed by atoms with Crippen LogP contribution in [0.25, 0.3) is 0 Å². The Kier molecular flexibility index (Phi) is 6.95. The van der Waals surface area contributed by atoms with Gasteiger partial charge in [0.25, 0.3) is 0 Å². The molecule has 0 fully saturated rings. The highest BCUT2D eigenvalue weighted by Gasteiger charge is 2.16. The highest BCUT2D eigenvalue weighted by molar-refractivity contribution is 6.30. The molecule has 1 unspecified atom stereocenters. The molecule has 0 aliphatic carbocycles. The van der Waals surface area contributed by atoms with Gasteiger partial charge in [0.05, 0.1) is 6.54 Å². The van der Waals surface area contributed by atoms with Crippen LogP contribution in [0.2, 0.25) is 5.02 Å². The van der Waals surface area contributed by atoms with Crippen molar-refractivity contribution < 1.29 is 14.0 Å². The Bertz CT molecular complexity index is 734. The average molecular weight is 363 g/mol. The van der Waals surface area contributed by atoms with Crippen LogP contribution in [0, 0.1) is 11.7 Å². The summed E-state index contributed by atoms with van der Waals surface area (Å²) in [5.41, 5.74) is 1.40. The number of carbonyl (C=O) groups excluding carboxylic acids is 2. The number of hydrogen-bond donors (Lipinski definition) is 2. The lowest BCUT2D eigenvalue weighted by Crippen LogP contribution is -2.39. The zero-order valence-electron chi connectivity index (χ0n) is 13.9. The molecule has 0 heterocycles. The zero-order chi connectivity index (χ0) is 18.2. The van der Waals surface area contributed by atoms with Crippen LogP contribution in [0.5, 0.6) is 0 Å². The molecular formula is C19H20ClFN2O2. The number of nitrogens with one attached hydrogen (secondary N) is 2. The Hall–Kier alpha value is -2.40. The molecule has 0 saturated carbocycles. The van der Waals surface area contributed by atoms with Gasteiger partial charge in [-0.05, 0) is 35.7 Å². The first-order valence-electron chi connectivity index (χ1n) is 7.98. The van der Waals surface area contributed by atoms with Gasteiger partial charge in [-0.3, -0.25) is 9.59 Å². The van der Waals surface area contributed by atoms with Crippen molar-refractivity contribution in [2.45, 2.75) is 19.9 Å². The molecule has 2 aromatic rings. The van der Waals surface area contributed by atoms with Crippen LogP contribution < -0.4 is 10.6 Å². The van der Waals surface area contributed by atoms with E-state index >= 15 is 0 Å². The summed E-state index contributed by atoms with van der Waals surface area (Å²) in [4.78, 5) is 23.9. The molecule has 0 radical (unpaired) electrons. The summed E-state index contributed by atoms with van der Waals surface area (Å²) < 4.78 is 13.6. The van der Waals surface area contributed by atoms with Crippen LogP contribution in [-0.4, -0.2) is 18.4 Å². The van der Waals surface area contributed by atoms with Crippen LogP contribution in [0.4, 0.5) is 4.39 Å². The minimum Gasteiger partial charge on any atom is -0.350 e. The standard InChI is InChI=1S/C19H20ClFN2O2/c1-13(10-15-4-2-3-5-17(15)21)19(25)23-12-18(24)22-11-14-6-8-16(20)9-7-14/h2-9,13H,10-12H2,1H3,(H,22,24)(H,23,25). The van der Waals surface area contributed by atoms with Gasteiger partial charge in [-0.15, -0.1) is 0 Å². The number of amides is 2. The van der Waals surface area contributed by atoms with Crippen molar-refractivity contribution in [1.82, 2.24) is 10.6 Å². The van der Waals surface area contributed by atoms with Crippen molar-refractivity contribution in [3.05, 3.63) is 70.5 Å². The van der Waals surface area contributed by atoms with Gasteiger partial charge < -0.3 is 10.6 Å². The van der Waals surface area contributed by atoms with E-state index in [9.17, 15) is 14.0 Å². The van der Waals surface area contributed by atoms with Gasteiger partial charge in [0, 0.05) is 17.5 Å². The molecule has 2 aromatic carbocycles. The van der Waals surface area contributed by atoms with Crippen LogP contribution in [0.1, 0.15) is 18.1 Å². The predicted octanol–water partition coefficient (Wildman–Crippen LogP) is 3.09. The number of halogens is 2. The van der Waals surface area contributed by atoms with Crippen molar-refractivity contribution in [2.75, 3.05) is 6.54 Å². The molecule has 4 nitrogen and oxygen atoms in total. The van der Waals surface area contributed by atoms with E-state index in [1.165, 1.54) is 6.07 Å². The van der Waals surface area contributed by atoms with E-state index in [4.69, 9.17) is 11.6 Å². The third-order valence-corrected chi connectivity index (χ3v) is 4.01. The van der Waals surface area contributed by atoms with E-state index < -0.39 is 5.92 Å². The van der Waals surface area contributed by atoms with E-state index in [1.807, 2.05) is 12.1 Å². The summed E-state index contributed by atoms with van der Waals surface area (Å²) in [7, 11) is 0. The molecule has 0 aromatic heterocycles. The lowest BCUT2D eigenvalue weighted by molar-refractivity contribution is -0.128. The zero-order valence-corrected chi connectivity index (χ0v) is 14.6. The smallest absolute Gasteiger partial charge is 0.239 e. The number of carbonyl (C=O) groups is 2. The summed E-state index contributed by atoms with van der Waals surface area (Å²) in [5.74, 6) is -1.34. The van der Waals surface area contributed by atoms with Gasteiger partial charge in [0.15, 0.2) is 0 Å². The van der Waals surface area contributed by atoms with Crippen LogP contribution in [0.15, 0.2) is 48.5 Å². The molecule has 0 bridgehead atoms. The Morgan fingerprint density at radius 3 is 2.44 bits per heavy atom. The van der Waals surface area contributed by atoms with Crippen LogP contribution >= 0.6 is 11.6 Å². The quantitative estimate of drug-likeness (QED) is 0.795. The van der Waals surface area contributed by atoms with Gasteiger partial charge in [-0.25, -0.2) is 4.39 Å². The minimum absolute atomic E-state index is 0.117. The molecule has 132 valence electrons. The lowest BCUT2D eigenvalue weighted by Gasteiger charge is -2.13. The topological polar surface area (TPSA) is 58.2 Å². The Labute approximate surface area is 151 Å². The summed E-state index contributed by atoms with van der Waals surface area (Å²) in [5, 5.41) is 5.92. The Morgan fingerprint density at radius 2 is 1.76 bits per heavy atom. The Balaban J connectivity index is 1.74.